The average Bonchev–Trinajstić information content (AvgIpc) is 2.52. The minimum absolute atomic E-state index is 0.162. The lowest BCUT2D eigenvalue weighted by atomic mass is 10.3. The molecule has 4 nitrogen and oxygen atoms in total. The van der Waals surface area contributed by atoms with Crippen LogP contribution >= 0.6 is 0 Å². The molecule has 0 aliphatic rings. The molecule has 0 amide bonds. The highest BCUT2D eigenvalue weighted by Crippen LogP contribution is 2.05. The van der Waals surface area contributed by atoms with Gasteiger partial charge in [-0.25, -0.2) is 4.98 Å². The lowest BCUT2D eigenvalue weighted by Crippen LogP contribution is -2.22. The summed E-state index contributed by atoms with van der Waals surface area (Å²) in [6, 6.07) is 0.162. The molecule has 2 N–H and O–H groups in total. The van der Waals surface area contributed by atoms with E-state index in [0.717, 1.165) is 5.82 Å². The van der Waals surface area contributed by atoms with Crippen LogP contribution in [0.4, 0.5) is 0 Å². The first kappa shape index (κ1) is 8.23. The van der Waals surface area contributed by atoms with E-state index >= 15 is 0 Å². The molecule has 4 heteroatoms. The zero-order valence-corrected chi connectivity index (χ0v) is 6.79. The summed E-state index contributed by atoms with van der Waals surface area (Å²) in [6.45, 7) is 0.629. The number of rotatable bonds is 4. The fourth-order valence-electron chi connectivity index (χ4n) is 0.934. The van der Waals surface area contributed by atoms with E-state index in [4.69, 9.17) is 4.74 Å². The summed E-state index contributed by atoms with van der Waals surface area (Å²) in [7, 11) is 3.56. The summed E-state index contributed by atoms with van der Waals surface area (Å²) < 4.78 is 5.00. The van der Waals surface area contributed by atoms with Gasteiger partial charge in [-0.15, -0.1) is 0 Å². The molecule has 1 atom stereocenters. The third-order valence-corrected chi connectivity index (χ3v) is 1.53. The van der Waals surface area contributed by atoms with Crippen molar-refractivity contribution in [1.29, 1.82) is 0 Å². The quantitative estimate of drug-likeness (QED) is 0.658. The molecule has 0 saturated heterocycles. The lowest BCUT2D eigenvalue weighted by molar-refractivity contribution is 0.167. The van der Waals surface area contributed by atoms with Crippen molar-refractivity contribution in [1.82, 2.24) is 15.3 Å². The van der Waals surface area contributed by atoms with Gasteiger partial charge in [-0.1, -0.05) is 0 Å². The van der Waals surface area contributed by atoms with E-state index in [1.165, 1.54) is 0 Å². The van der Waals surface area contributed by atoms with Gasteiger partial charge in [0.1, 0.15) is 5.82 Å². The van der Waals surface area contributed by atoms with Crippen molar-refractivity contribution in [2.75, 3.05) is 20.8 Å². The molecule has 11 heavy (non-hydrogen) atoms. The van der Waals surface area contributed by atoms with E-state index in [1.54, 1.807) is 19.5 Å². The Kier molecular flexibility index (Phi) is 3.07. The molecule has 0 radical (unpaired) electrons. The molecule has 1 aromatic heterocycles. The summed E-state index contributed by atoms with van der Waals surface area (Å²) in [5.74, 6) is 0.911. The first-order valence-electron chi connectivity index (χ1n) is 3.54. The standard InChI is InChI=1S/C7H13N3O/c1-8-6(5-11-2)7-9-3-4-10-7/h3-4,6,8H,5H2,1-2H3,(H,9,10). The monoisotopic (exact) mass is 155 g/mol. The van der Waals surface area contributed by atoms with Crippen LogP contribution in [0.25, 0.3) is 0 Å². The predicted molar refractivity (Wildman–Crippen MR) is 42.3 cm³/mol. The van der Waals surface area contributed by atoms with E-state index in [9.17, 15) is 0 Å². The van der Waals surface area contributed by atoms with E-state index in [2.05, 4.69) is 15.3 Å². The largest absolute Gasteiger partial charge is 0.383 e. The molecular weight excluding hydrogens is 142 g/mol. The number of hydrogen-bond acceptors (Lipinski definition) is 3. The maximum absolute atomic E-state index is 5.00. The van der Waals surface area contributed by atoms with Crippen molar-refractivity contribution in [2.45, 2.75) is 6.04 Å². The molecule has 0 bridgehead atoms. The smallest absolute Gasteiger partial charge is 0.125 e. The Hall–Kier alpha value is -0.870. The normalized spacial score (nSPS) is 13.3. The summed E-state index contributed by atoms with van der Waals surface area (Å²) in [5.41, 5.74) is 0. The van der Waals surface area contributed by atoms with Crippen LogP contribution in [0.2, 0.25) is 0 Å². The number of nitrogens with one attached hydrogen (secondary N) is 2. The molecular formula is C7H13N3O. The molecule has 62 valence electrons. The number of aromatic nitrogens is 2. The number of nitrogens with zero attached hydrogens (tertiary/aromatic N) is 1. The topological polar surface area (TPSA) is 49.9 Å². The Morgan fingerprint density at radius 2 is 2.64 bits per heavy atom. The van der Waals surface area contributed by atoms with Crippen LogP contribution in [0.15, 0.2) is 12.4 Å². The fraction of sp³-hybridized carbons (Fsp3) is 0.571. The molecule has 0 fully saturated rings. The first-order chi connectivity index (χ1) is 5.38. The Bertz CT molecular complexity index is 186. The minimum atomic E-state index is 0.162. The summed E-state index contributed by atoms with van der Waals surface area (Å²) in [4.78, 5) is 7.13. The van der Waals surface area contributed by atoms with E-state index in [-0.39, 0.29) is 6.04 Å². The van der Waals surface area contributed by atoms with Crippen molar-refractivity contribution in [3.63, 3.8) is 0 Å². The summed E-state index contributed by atoms with van der Waals surface area (Å²) in [5, 5.41) is 3.09. The SMILES string of the molecule is CNC(COC)c1ncc[nH]1. The van der Waals surface area contributed by atoms with Gasteiger partial charge in [0.2, 0.25) is 0 Å². The Morgan fingerprint density at radius 3 is 3.09 bits per heavy atom. The number of hydrogen-bond donors (Lipinski definition) is 2. The van der Waals surface area contributed by atoms with E-state index in [1.807, 2.05) is 7.05 Å². The molecule has 1 rings (SSSR count). The van der Waals surface area contributed by atoms with Gasteiger partial charge >= 0.3 is 0 Å². The predicted octanol–water partition coefficient (Wildman–Crippen LogP) is 0.317. The van der Waals surface area contributed by atoms with Crippen LogP contribution in [-0.2, 0) is 4.74 Å². The van der Waals surface area contributed by atoms with Crippen LogP contribution < -0.4 is 5.32 Å². The van der Waals surface area contributed by atoms with Crippen molar-refractivity contribution in [3.05, 3.63) is 18.2 Å². The third kappa shape index (κ3) is 2.03. The molecule has 0 spiro atoms. The van der Waals surface area contributed by atoms with Gasteiger partial charge in [0.25, 0.3) is 0 Å². The second kappa shape index (κ2) is 4.10. The summed E-state index contributed by atoms with van der Waals surface area (Å²) >= 11 is 0. The van der Waals surface area contributed by atoms with Crippen LogP contribution in [0.1, 0.15) is 11.9 Å². The fourth-order valence-corrected chi connectivity index (χ4v) is 0.934. The van der Waals surface area contributed by atoms with Gasteiger partial charge in [-0.05, 0) is 7.05 Å². The molecule has 1 unspecified atom stereocenters. The number of imidazole rings is 1. The number of H-pyrrole nitrogens is 1. The Balaban J connectivity index is 2.56. The second-order valence-electron chi connectivity index (χ2n) is 2.27. The minimum Gasteiger partial charge on any atom is -0.383 e. The van der Waals surface area contributed by atoms with Crippen molar-refractivity contribution in [3.8, 4) is 0 Å². The molecule has 0 aliphatic heterocycles. The van der Waals surface area contributed by atoms with Gasteiger partial charge in [0.05, 0.1) is 12.6 Å². The van der Waals surface area contributed by atoms with Gasteiger partial charge in [-0.2, -0.15) is 0 Å². The second-order valence-corrected chi connectivity index (χ2v) is 2.27. The van der Waals surface area contributed by atoms with Gasteiger partial charge < -0.3 is 15.0 Å². The molecule has 1 aromatic rings. The summed E-state index contributed by atoms with van der Waals surface area (Å²) in [6.07, 6.45) is 3.53. The van der Waals surface area contributed by atoms with Crippen molar-refractivity contribution >= 4 is 0 Å². The number of ether oxygens (including phenoxy) is 1. The van der Waals surface area contributed by atoms with Crippen LogP contribution in [0.3, 0.4) is 0 Å². The van der Waals surface area contributed by atoms with Crippen LogP contribution in [-0.4, -0.2) is 30.7 Å². The first-order valence-corrected chi connectivity index (χ1v) is 3.54. The average molecular weight is 155 g/mol. The van der Waals surface area contributed by atoms with Gasteiger partial charge in [-0.3, -0.25) is 0 Å². The number of likely N-dealkylation sites (N-methyl/N-ethyl adjacent to an activating group) is 1. The van der Waals surface area contributed by atoms with Crippen molar-refractivity contribution < 1.29 is 4.74 Å². The Morgan fingerprint density at radius 1 is 1.82 bits per heavy atom. The van der Waals surface area contributed by atoms with E-state index < -0.39 is 0 Å². The van der Waals surface area contributed by atoms with Crippen LogP contribution in [0, 0.1) is 0 Å². The van der Waals surface area contributed by atoms with Gasteiger partial charge in [0, 0.05) is 19.5 Å². The molecule has 0 saturated carbocycles. The number of aromatic amines is 1. The maximum Gasteiger partial charge on any atom is 0.125 e. The number of methoxy groups -OCH3 is 1. The zero-order valence-electron chi connectivity index (χ0n) is 6.79. The highest BCUT2D eigenvalue weighted by molar-refractivity contribution is 4.94. The van der Waals surface area contributed by atoms with Crippen LogP contribution in [0.5, 0.6) is 0 Å². The molecule has 0 aliphatic carbocycles. The maximum atomic E-state index is 5.00. The highest BCUT2D eigenvalue weighted by Gasteiger charge is 2.09. The van der Waals surface area contributed by atoms with Gasteiger partial charge in [0.15, 0.2) is 0 Å². The third-order valence-electron chi connectivity index (χ3n) is 1.53. The Labute approximate surface area is 66.0 Å². The molecule has 0 aromatic carbocycles. The lowest BCUT2D eigenvalue weighted by Gasteiger charge is -2.11. The molecule has 1 heterocycles. The van der Waals surface area contributed by atoms with E-state index in [0.29, 0.717) is 6.61 Å². The zero-order chi connectivity index (χ0) is 8.10. The highest BCUT2D eigenvalue weighted by atomic mass is 16.5. The van der Waals surface area contributed by atoms with Crippen molar-refractivity contribution in [2.24, 2.45) is 0 Å².